The molecule has 2 amide bonds. The molecule has 2 atom stereocenters. The number of ether oxygens (including phenoxy) is 1. The molecular formula is C19H22N2O3. The number of hydrogen-bond acceptors (Lipinski definition) is 4. The lowest BCUT2D eigenvalue weighted by molar-refractivity contribution is -0.124. The van der Waals surface area contributed by atoms with E-state index in [0.29, 0.717) is 0 Å². The summed E-state index contributed by atoms with van der Waals surface area (Å²) in [7, 11) is 0. The zero-order valence-electron chi connectivity index (χ0n) is 13.9. The summed E-state index contributed by atoms with van der Waals surface area (Å²) < 4.78 is 5.06. The largest absolute Gasteiger partial charge is 0.444 e. The van der Waals surface area contributed by atoms with E-state index in [1.54, 1.807) is 6.92 Å². The minimum Gasteiger partial charge on any atom is -0.444 e. The highest BCUT2D eigenvalue weighted by Crippen LogP contribution is 2.12. The van der Waals surface area contributed by atoms with Gasteiger partial charge in [0, 0.05) is 11.7 Å². The van der Waals surface area contributed by atoms with Crippen LogP contribution in [0.4, 0.5) is 10.5 Å². The minimum atomic E-state index is -0.734. The number of benzene rings is 2. The molecule has 0 saturated carbocycles. The van der Waals surface area contributed by atoms with Crippen LogP contribution in [0.1, 0.15) is 19.4 Å². The molecule has 0 fully saturated rings. The average Bonchev–Trinajstić information content (AvgIpc) is 2.61. The first-order chi connectivity index (χ1) is 11.6. The Labute approximate surface area is 142 Å². The van der Waals surface area contributed by atoms with Gasteiger partial charge in [0.1, 0.15) is 6.61 Å². The lowest BCUT2D eigenvalue weighted by Gasteiger charge is -2.21. The van der Waals surface area contributed by atoms with Gasteiger partial charge in [-0.2, -0.15) is 0 Å². The molecule has 0 aliphatic rings. The second-order valence-electron chi connectivity index (χ2n) is 5.64. The van der Waals surface area contributed by atoms with Crippen LogP contribution >= 0.6 is 0 Å². The van der Waals surface area contributed by atoms with Crippen molar-refractivity contribution in [1.82, 2.24) is 5.32 Å². The van der Waals surface area contributed by atoms with Crippen molar-refractivity contribution >= 4 is 17.7 Å². The third-order valence-electron chi connectivity index (χ3n) is 3.77. The predicted molar refractivity (Wildman–Crippen MR) is 93.5 cm³/mol. The Hall–Kier alpha value is -2.82. The molecule has 2 unspecified atom stereocenters. The third kappa shape index (κ3) is 5.43. The van der Waals surface area contributed by atoms with Crippen LogP contribution in [0.2, 0.25) is 0 Å². The second-order valence-corrected chi connectivity index (χ2v) is 5.64. The van der Waals surface area contributed by atoms with E-state index in [-0.39, 0.29) is 18.6 Å². The molecule has 126 valence electrons. The standard InChI is InChI=1S/C19H22N2O3/c1-14(15(2)20-17-11-7-4-8-12-17)18(22)21-19(23)24-13-16-9-5-3-6-10-16/h3-12,14-15,20H,13H2,1-2H3,(H,21,22,23). The van der Waals surface area contributed by atoms with Crippen molar-refractivity contribution in [1.29, 1.82) is 0 Å². The van der Waals surface area contributed by atoms with Gasteiger partial charge in [0.15, 0.2) is 0 Å². The van der Waals surface area contributed by atoms with Crippen molar-refractivity contribution in [3.05, 3.63) is 66.2 Å². The van der Waals surface area contributed by atoms with Crippen LogP contribution in [0.5, 0.6) is 0 Å². The van der Waals surface area contributed by atoms with E-state index in [1.165, 1.54) is 0 Å². The summed E-state index contributed by atoms with van der Waals surface area (Å²) in [6.07, 6.45) is -0.734. The Morgan fingerprint density at radius 3 is 2.17 bits per heavy atom. The molecule has 0 aromatic heterocycles. The van der Waals surface area contributed by atoms with Crippen LogP contribution in [-0.2, 0) is 16.1 Å². The van der Waals surface area contributed by atoms with Gasteiger partial charge in [-0.3, -0.25) is 10.1 Å². The summed E-state index contributed by atoms with van der Waals surface area (Å²) in [4.78, 5) is 23.9. The molecule has 0 radical (unpaired) electrons. The van der Waals surface area contributed by atoms with Gasteiger partial charge in [-0.25, -0.2) is 4.79 Å². The van der Waals surface area contributed by atoms with Gasteiger partial charge >= 0.3 is 6.09 Å². The maximum Gasteiger partial charge on any atom is 0.414 e. The third-order valence-corrected chi connectivity index (χ3v) is 3.77. The molecule has 0 saturated heterocycles. The molecule has 2 N–H and O–H groups in total. The van der Waals surface area contributed by atoms with Crippen LogP contribution in [-0.4, -0.2) is 18.0 Å². The summed E-state index contributed by atoms with van der Waals surface area (Å²) in [5.41, 5.74) is 1.79. The summed E-state index contributed by atoms with van der Waals surface area (Å²) >= 11 is 0. The highest BCUT2D eigenvalue weighted by Gasteiger charge is 2.22. The van der Waals surface area contributed by atoms with E-state index in [0.717, 1.165) is 11.3 Å². The number of para-hydroxylation sites is 1. The fraction of sp³-hybridized carbons (Fsp3) is 0.263. The first-order valence-electron chi connectivity index (χ1n) is 7.89. The zero-order valence-corrected chi connectivity index (χ0v) is 13.9. The molecule has 0 aliphatic carbocycles. The van der Waals surface area contributed by atoms with E-state index in [1.807, 2.05) is 67.6 Å². The fourth-order valence-electron chi connectivity index (χ4n) is 2.12. The summed E-state index contributed by atoms with van der Waals surface area (Å²) in [5, 5.41) is 5.52. The van der Waals surface area contributed by atoms with Crippen LogP contribution < -0.4 is 10.6 Å². The van der Waals surface area contributed by atoms with Crippen LogP contribution in [0.25, 0.3) is 0 Å². The lowest BCUT2D eigenvalue weighted by Crippen LogP contribution is -2.41. The molecule has 2 aromatic rings. The molecular weight excluding hydrogens is 304 g/mol. The summed E-state index contributed by atoms with van der Waals surface area (Å²) in [6.45, 7) is 3.79. The number of hydrogen-bond donors (Lipinski definition) is 2. The normalized spacial score (nSPS) is 12.8. The molecule has 0 bridgehead atoms. The number of rotatable bonds is 6. The molecule has 0 heterocycles. The van der Waals surface area contributed by atoms with Crippen molar-refractivity contribution in [2.45, 2.75) is 26.5 Å². The minimum absolute atomic E-state index is 0.130. The van der Waals surface area contributed by atoms with Crippen molar-refractivity contribution in [2.75, 3.05) is 5.32 Å². The lowest BCUT2D eigenvalue weighted by atomic mass is 10.0. The molecule has 2 aromatic carbocycles. The van der Waals surface area contributed by atoms with Crippen molar-refractivity contribution in [3.63, 3.8) is 0 Å². The Kier molecular flexibility index (Phi) is 6.37. The van der Waals surface area contributed by atoms with E-state index in [2.05, 4.69) is 10.6 Å². The predicted octanol–water partition coefficient (Wildman–Crippen LogP) is 3.58. The zero-order chi connectivity index (χ0) is 17.4. The van der Waals surface area contributed by atoms with Crippen LogP contribution in [0.15, 0.2) is 60.7 Å². The number of anilines is 1. The smallest absolute Gasteiger partial charge is 0.414 e. The van der Waals surface area contributed by atoms with Gasteiger partial charge in [0.2, 0.25) is 5.91 Å². The average molecular weight is 326 g/mol. The Bertz CT molecular complexity index is 659. The van der Waals surface area contributed by atoms with Crippen LogP contribution in [0.3, 0.4) is 0 Å². The number of carbonyl (C=O) groups is 2. The topological polar surface area (TPSA) is 67.4 Å². The van der Waals surface area contributed by atoms with Gasteiger partial charge < -0.3 is 10.1 Å². The maximum absolute atomic E-state index is 12.1. The Morgan fingerprint density at radius 2 is 1.54 bits per heavy atom. The monoisotopic (exact) mass is 326 g/mol. The SMILES string of the molecule is CC(Nc1ccccc1)C(C)C(=O)NC(=O)OCc1ccccc1. The maximum atomic E-state index is 12.1. The Morgan fingerprint density at radius 1 is 0.958 bits per heavy atom. The van der Waals surface area contributed by atoms with Gasteiger partial charge in [0.05, 0.1) is 5.92 Å². The van der Waals surface area contributed by atoms with Crippen LogP contribution in [0, 0.1) is 5.92 Å². The molecule has 5 heteroatoms. The first-order valence-corrected chi connectivity index (χ1v) is 7.89. The molecule has 0 aliphatic heterocycles. The number of alkyl carbamates (subject to hydrolysis) is 1. The quantitative estimate of drug-likeness (QED) is 0.851. The summed E-state index contributed by atoms with van der Waals surface area (Å²) in [6, 6.07) is 18.8. The first kappa shape index (κ1) is 17.5. The van der Waals surface area contributed by atoms with E-state index >= 15 is 0 Å². The molecule has 0 spiro atoms. The Balaban J connectivity index is 1.78. The van der Waals surface area contributed by atoms with Crippen molar-refractivity contribution in [3.8, 4) is 0 Å². The number of imide groups is 1. The molecule has 2 rings (SSSR count). The second kappa shape index (κ2) is 8.72. The van der Waals surface area contributed by atoms with Gasteiger partial charge in [-0.1, -0.05) is 55.5 Å². The number of nitrogens with one attached hydrogen (secondary N) is 2. The highest BCUT2D eigenvalue weighted by atomic mass is 16.5. The van der Waals surface area contributed by atoms with Crippen molar-refractivity contribution < 1.29 is 14.3 Å². The molecule has 5 nitrogen and oxygen atoms in total. The van der Waals surface area contributed by atoms with Gasteiger partial charge in [0.25, 0.3) is 0 Å². The number of carbonyl (C=O) groups excluding carboxylic acids is 2. The van der Waals surface area contributed by atoms with E-state index in [4.69, 9.17) is 4.74 Å². The highest BCUT2D eigenvalue weighted by molar-refractivity contribution is 5.93. The summed E-state index contributed by atoms with van der Waals surface area (Å²) in [5.74, 6) is -0.765. The van der Waals surface area contributed by atoms with Gasteiger partial charge in [-0.15, -0.1) is 0 Å². The van der Waals surface area contributed by atoms with E-state index in [9.17, 15) is 9.59 Å². The van der Waals surface area contributed by atoms with E-state index < -0.39 is 12.0 Å². The fourth-order valence-corrected chi connectivity index (χ4v) is 2.12. The number of amides is 2. The van der Waals surface area contributed by atoms with Crippen molar-refractivity contribution in [2.24, 2.45) is 5.92 Å². The van der Waals surface area contributed by atoms with Gasteiger partial charge in [-0.05, 0) is 24.6 Å². The molecule has 24 heavy (non-hydrogen) atoms.